The van der Waals surface area contributed by atoms with Crippen molar-refractivity contribution in [2.45, 2.75) is 0 Å². The minimum atomic E-state index is -1.21. The topological polar surface area (TPSA) is 79.5 Å². The van der Waals surface area contributed by atoms with Crippen LogP contribution in [0.25, 0.3) is 11.3 Å². The lowest BCUT2D eigenvalue weighted by Gasteiger charge is -2.05. The van der Waals surface area contributed by atoms with E-state index >= 15 is 0 Å². The second kappa shape index (κ2) is 4.13. The molecule has 0 bridgehead atoms. The van der Waals surface area contributed by atoms with E-state index in [4.69, 9.17) is 10.2 Å². The summed E-state index contributed by atoms with van der Waals surface area (Å²) in [7, 11) is 0. The molecule has 2 rings (SSSR count). The number of carboxylic acids is 1. The zero-order chi connectivity index (χ0) is 12.4. The van der Waals surface area contributed by atoms with E-state index in [0.717, 1.165) is 4.57 Å². The Balaban J connectivity index is 2.69. The third-order valence-corrected chi connectivity index (χ3v) is 2.37. The molecular formula is C12H9NO4. The Kier molecular flexibility index (Phi) is 2.66. The highest BCUT2D eigenvalue weighted by atomic mass is 16.4. The summed E-state index contributed by atoms with van der Waals surface area (Å²) in [5.41, 5.74) is 0.696. The van der Waals surface area contributed by atoms with E-state index in [9.17, 15) is 9.59 Å². The van der Waals surface area contributed by atoms with Gasteiger partial charge in [0.2, 0.25) is 0 Å². The maximum Gasteiger partial charge on any atom is 0.416 e. The van der Waals surface area contributed by atoms with Crippen LogP contribution in [0.15, 0.2) is 42.6 Å². The van der Waals surface area contributed by atoms with Crippen molar-refractivity contribution in [2.75, 3.05) is 0 Å². The molecule has 1 aromatic carbocycles. The molecule has 0 saturated heterocycles. The van der Waals surface area contributed by atoms with E-state index in [0.29, 0.717) is 5.56 Å². The van der Waals surface area contributed by atoms with E-state index in [-0.39, 0.29) is 11.3 Å². The van der Waals surface area contributed by atoms with Crippen LogP contribution >= 0.6 is 0 Å². The first-order chi connectivity index (χ1) is 8.11. The van der Waals surface area contributed by atoms with Crippen LogP contribution in [0.5, 0.6) is 0 Å². The minimum Gasteiger partial charge on any atom is -0.478 e. The van der Waals surface area contributed by atoms with Crippen molar-refractivity contribution in [1.29, 1.82) is 0 Å². The lowest BCUT2D eigenvalue weighted by molar-refractivity contribution is 0.0698. The van der Waals surface area contributed by atoms with E-state index < -0.39 is 12.1 Å². The first kappa shape index (κ1) is 10.9. The lowest BCUT2D eigenvalue weighted by Crippen LogP contribution is -2.09. The summed E-state index contributed by atoms with van der Waals surface area (Å²) in [6.07, 6.45) is 0.0186. The fraction of sp³-hybridized carbons (Fsp3) is 0. The summed E-state index contributed by atoms with van der Waals surface area (Å²) in [5.74, 6) is -1.15. The van der Waals surface area contributed by atoms with Crippen molar-refractivity contribution in [3.8, 4) is 11.3 Å². The number of hydrogen-bond acceptors (Lipinski definition) is 2. The summed E-state index contributed by atoms with van der Waals surface area (Å²) in [6.45, 7) is 0. The van der Waals surface area contributed by atoms with Gasteiger partial charge in [0.1, 0.15) is 0 Å². The number of nitrogens with zero attached hydrogens (tertiary/aromatic N) is 1. The highest BCUT2D eigenvalue weighted by molar-refractivity contribution is 5.97. The predicted molar refractivity (Wildman–Crippen MR) is 60.3 cm³/mol. The molecule has 0 saturated carbocycles. The molecule has 0 fully saturated rings. The number of aromatic carboxylic acids is 1. The normalized spacial score (nSPS) is 10.1. The van der Waals surface area contributed by atoms with Gasteiger partial charge in [-0.05, 0) is 11.6 Å². The average Bonchev–Trinajstić information content (AvgIpc) is 2.74. The monoisotopic (exact) mass is 231 g/mol. The van der Waals surface area contributed by atoms with Gasteiger partial charge in [0.15, 0.2) is 0 Å². The molecule has 0 unspecified atom stereocenters. The Hall–Kier alpha value is -2.56. The molecule has 0 radical (unpaired) electrons. The van der Waals surface area contributed by atoms with Gasteiger partial charge < -0.3 is 10.2 Å². The quantitative estimate of drug-likeness (QED) is 0.831. The SMILES string of the molecule is O=C(O)c1ccn(C(=O)O)c1-c1ccccc1. The summed E-state index contributed by atoms with van der Waals surface area (Å²) in [4.78, 5) is 22.0. The average molecular weight is 231 g/mol. The molecule has 17 heavy (non-hydrogen) atoms. The molecule has 0 aliphatic rings. The van der Waals surface area contributed by atoms with Crippen molar-refractivity contribution < 1.29 is 19.8 Å². The Morgan fingerprint density at radius 2 is 1.65 bits per heavy atom. The van der Waals surface area contributed by atoms with Crippen molar-refractivity contribution in [3.05, 3.63) is 48.2 Å². The Labute approximate surface area is 96.5 Å². The van der Waals surface area contributed by atoms with Gasteiger partial charge >= 0.3 is 12.1 Å². The van der Waals surface area contributed by atoms with Crippen molar-refractivity contribution in [2.24, 2.45) is 0 Å². The molecule has 1 heterocycles. The number of aromatic nitrogens is 1. The molecule has 5 heteroatoms. The maximum absolute atomic E-state index is 11.0. The standard InChI is InChI=1S/C12H9NO4/c14-11(15)9-6-7-13(12(16)17)10(9)8-4-2-1-3-5-8/h1-7H,(H,14,15)(H,16,17). The number of hydrogen-bond donors (Lipinski definition) is 2. The fourth-order valence-corrected chi connectivity index (χ4v) is 1.65. The molecule has 2 N–H and O–H groups in total. The fourth-order valence-electron chi connectivity index (χ4n) is 1.65. The van der Waals surface area contributed by atoms with E-state index in [2.05, 4.69) is 0 Å². The smallest absolute Gasteiger partial charge is 0.416 e. The van der Waals surface area contributed by atoms with Gasteiger partial charge in [-0.15, -0.1) is 0 Å². The third kappa shape index (κ3) is 1.90. The number of carboxylic acid groups (broad SMARTS) is 2. The first-order valence-electron chi connectivity index (χ1n) is 4.84. The minimum absolute atomic E-state index is 0.0291. The Morgan fingerprint density at radius 1 is 1.00 bits per heavy atom. The highest BCUT2D eigenvalue weighted by Crippen LogP contribution is 2.24. The van der Waals surface area contributed by atoms with Crippen LogP contribution in [0.3, 0.4) is 0 Å². The Bertz CT molecular complexity index is 540. The number of benzene rings is 1. The van der Waals surface area contributed by atoms with E-state index in [1.54, 1.807) is 30.3 Å². The van der Waals surface area contributed by atoms with Gasteiger partial charge in [0, 0.05) is 6.20 Å². The molecule has 5 nitrogen and oxygen atoms in total. The molecular weight excluding hydrogens is 222 g/mol. The first-order valence-corrected chi connectivity index (χ1v) is 4.84. The molecule has 1 aromatic heterocycles. The maximum atomic E-state index is 11.0. The Morgan fingerprint density at radius 3 is 2.18 bits per heavy atom. The zero-order valence-electron chi connectivity index (χ0n) is 8.70. The summed E-state index contributed by atoms with van der Waals surface area (Å²) < 4.78 is 0.902. The van der Waals surface area contributed by atoms with Crippen LogP contribution in [0, 0.1) is 0 Å². The van der Waals surface area contributed by atoms with Crippen LogP contribution < -0.4 is 0 Å². The molecule has 0 spiro atoms. The molecule has 0 aliphatic carbocycles. The van der Waals surface area contributed by atoms with E-state index in [1.807, 2.05) is 0 Å². The van der Waals surface area contributed by atoms with Gasteiger partial charge in [-0.1, -0.05) is 30.3 Å². The summed E-state index contributed by atoms with van der Waals surface area (Å²) in [6, 6.07) is 9.83. The van der Waals surface area contributed by atoms with Crippen molar-refractivity contribution in [1.82, 2.24) is 4.57 Å². The van der Waals surface area contributed by atoms with Crippen molar-refractivity contribution >= 4 is 12.1 Å². The van der Waals surface area contributed by atoms with Crippen LogP contribution in [-0.4, -0.2) is 26.8 Å². The lowest BCUT2D eigenvalue weighted by atomic mass is 10.1. The highest BCUT2D eigenvalue weighted by Gasteiger charge is 2.19. The second-order valence-corrected chi connectivity index (χ2v) is 3.40. The summed E-state index contributed by atoms with van der Waals surface area (Å²) >= 11 is 0. The molecule has 0 atom stereocenters. The predicted octanol–water partition coefficient (Wildman–Crippen LogP) is 2.38. The van der Waals surface area contributed by atoms with Crippen LogP contribution in [0.4, 0.5) is 4.79 Å². The van der Waals surface area contributed by atoms with Gasteiger partial charge in [-0.25, -0.2) is 9.59 Å². The van der Waals surface area contributed by atoms with Gasteiger partial charge in [0.05, 0.1) is 11.3 Å². The largest absolute Gasteiger partial charge is 0.478 e. The molecule has 86 valence electrons. The van der Waals surface area contributed by atoms with E-state index in [1.165, 1.54) is 12.3 Å². The number of carbonyl (C=O) groups is 2. The van der Waals surface area contributed by atoms with Gasteiger partial charge in [0.25, 0.3) is 0 Å². The summed E-state index contributed by atoms with van der Waals surface area (Å²) in [5, 5.41) is 18.0. The van der Waals surface area contributed by atoms with Crippen LogP contribution in [-0.2, 0) is 0 Å². The van der Waals surface area contributed by atoms with Crippen LogP contribution in [0.1, 0.15) is 10.4 Å². The third-order valence-electron chi connectivity index (χ3n) is 2.37. The zero-order valence-corrected chi connectivity index (χ0v) is 8.70. The molecule has 0 aliphatic heterocycles. The molecule has 2 aromatic rings. The van der Waals surface area contributed by atoms with Crippen molar-refractivity contribution in [3.63, 3.8) is 0 Å². The molecule has 0 amide bonds. The number of rotatable bonds is 2. The van der Waals surface area contributed by atoms with Gasteiger partial charge in [-0.3, -0.25) is 4.57 Å². The van der Waals surface area contributed by atoms with Crippen LogP contribution in [0.2, 0.25) is 0 Å². The second-order valence-electron chi connectivity index (χ2n) is 3.40. The van der Waals surface area contributed by atoms with Gasteiger partial charge in [-0.2, -0.15) is 0 Å².